The number of hydrogen-bond donors (Lipinski definition) is 2. The summed E-state index contributed by atoms with van der Waals surface area (Å²) >= 11 is 0. The van der Waals surface area contributed by atoms with Gasteiger partial charge in [0.15, 0.2) is 5.78 Å². The molecule has 6 nitrogen and oxygen atoms in total. The van der Waals surface area contributed by atoms with E-state index in [-0.39, 0.29) is 18.1 Å². The molecule has 26 heavy (non-hydrogen) atoms. The first-order valence-corrected chi connectivity index (χ1v) is 8.82. The van der Waals surface area contributed by atoms with Crippen molar-refractivity contribution in [2.24, 2.45) is 11.3 Å². The maximum absolute atomic E-state index is 12.5. The quantitative estimate of drug-likeness (QED) is 0.345. The first-order valence-electron chi connectivity index (χ1n) is 8.82. The summed E-state index contributed by atoms with van der Waals surface area (Å²) in [6, 6.07) is 0. The Morgan fingerprint density at radius 1 is 1.42 bits per heavy atom. The fraction of sp³-hybridized carbons (Fsp3) is 0.600. The van der Waals surface area contributed by atoms with E-state index in [1.165, 1.54) is 6.08 Å². The van der Waals surface area contributed by atoms with Crippen LogP contribution in [-0.2, 0) is 19.2 Å². The van der Waals surface area contributed by atoms with E-state index in [0.29, 0.717) is 16.7 Å². The van der Waals surface area contributed by atoms with Crippen LogP contribution in [0, 0.1) is 11.3 Å². The summed E-state index contributed by atoms with van der Waals surface area (Å²) in [7, 11) is 0. The van der Waals surface area contributed by atoms with E-state index in [9.17, 15) is 20.0 Å². The Kier molecular flexibility index (Phi) is 5.61. The van der Waals surface area contributed by atoms with Gasteiger partial charge in [0.2, 0.25) is 0 Å². The predicted molar refractivity (Wildman–Crippen MR) is 96.2 cm³/mol. The minimum atomic E-state index is -1.18. The molecule has 4 atom stereocenters. The van der Waals surface area contributed by atoms with E-state index in [4.69, 9.17) is 4.74 Å². The SMILES string of the molecule is CC=C(C)C(=O)OC1CC(O)C2=CC(=O)C(C(C)(C)OO)=CC2(C)C1C. The number of carbonyl (C=O) groups is 2. The van der Waals surface area contributed by atoms with Crippen LogP contribution in [0.5, 0.6) is 0 Å². The molecule has 6 heteroatoms. The molecule has 1 fully saturated rings. The topological polar surface area (TPSA) is 93.1 Å². The molecule has 0 radical (unpaired) electrons. The third-order valence-corrected chi connectivity index (χ3v) is 5.83. The summed E-state index contributed by atoms with van der Waals surface area (Å²) < 4.78 is 5.63. The van der Waals surface area contributed by atoms with Crippen molar-refractivity contribution >= 4 is 11.8 Å². The summed E-state index contributed by atoms with van der Waals surface area (Å²) in [5.74, 6) is -0.894. The lowest BCUT2D eigenvalue weighted by Crippen LogP contribution is -2.50. The van der Waals surface area contributed by atoms with E-state index >= 15 is 0 Å². The smallest absolute Gasteiger partial charge is 0.333 e. The van der Waals surface area contributed by atoms with Crippen molar-refractivity contribution in [1.82, 2.24) is 0 Å². The van der Waals surface area contributed by atoms with Crippen molar-refractivity contribution in [3.05, 3.63) is 34.9 Å². The second kappa shape index (κ2) is 7.10. The van der Waals surface area contributed by atoms with Gasteiger partial charge in [-0.2, -0.15) is 0 Å². The van der Waals surface area contributed by atoms with Crippen LogP contribution < -0.4 is 0 Å². The number of ether oxygens (including phenoxy) is 1. The van der Waals surface area contributed by atoms with E-state index in [2.05, 4.69) is 4.89 Å². The maximum atomic E-state index is 12.5. The molecule has 0 spiro atoms. The maximum Gasteiger partial charge on any atom is 0.333 e. The Labute approximate surface area is 154 Å². The van der Waals surface area contributed by atoms with Gasteiger partial charge in [0.1, 0.15) is 11.7 Å². The number of ketones is 1. The molecule has 0 aromatic heterocycles. The van der Waals surface area contributed by atoms with Crippen molar-refractivity contribution in [2.45, 2.75) is 65.8 Å². The Morgan fingerprint density at radius 3 is 2.58 bits per heavy atom. The van der Waals surface area contributed by atoms with Gasteiger partial charge in [-0.25, -0.2) is 9.68 Å². The van der Waals surface area contributed by atoms with Crippen molar-refractivity contribution in [1.29, 1.82) is 0 Å². The molecular formula is C20H28O6. The van der Waals surface area contributed by atoms with Crippen molar-refractivity contribution in [2.75, 3.05) is 0 Å². The lowest BCUT2D eigenvalue weighted by atomic mass is 9.59. The van der Waals surface area contributed by atoms with Gasteiger partial charge in [-0.3, -0.25) is 10.1 Å². The highest BCUT2D eigenvalue weighted by molar-refractivity contribution is 6.07. The Morgan fingerprint density at radius 2 is 2.04 bits per heavy atom. The molecule has 0 saturated heterocycles. The highest BCUT2D eigenvalue weighted by Crippen LogP contribution is 2.50. The summed E-state index contributed by atoms with van der Waals surface area (Å²) in [6.07, 6.45) is 3.68. The fourth-order valence-electron chi connectivity index (χ4n) is 3.63. The first kappa shape index (κ1) is 20.6. The third kappa shape index (κ3) is 3.41. The molecular weight excluding hydrogens is 336 g/mol. The summed E-state index contributed by atoms with van der Waals surface area (Å²) in [4.78, 5) is 29.2. The minimum Gasteiger partial charge on any atom is -0.459 e. The first-order chi connectivity index (χ1) is 12.0. The van der Waals surface area contributed by atoms with Crippen LogP contribution in [0.25, 0.3) is 0 Å². The van der Waals surface area contributed by atoms with E-state index in [1.54, 1.807) is 39.8 Å². The molecule has 0 amide bonds. The van der Waals surface area contributed by atoms with Gasteiger partial charge in [-0.15, -0.1) is 0 Å². The molecule has 2 rings (SSSR count). The molecule has 0 aromatic rings. The van der Waals surface area contributed by atoms with Crippen LogP contribution in [0.15, 0.2) is 34.9 Å². The van der Waals surface area contributed by atoms with Crippen molar-refractivity contribution in [3.8, 4) is 0 Å². The standard InChI is InChI=1S/C20H28O6/c1-7-11(2)18(23)25-17-9-16(22)13-8-15(21)14(19(4,5)26-24)10-20(13,6)12(17)3/h7-8,10,12,16-17,22,24H,9H2,1-6H3. The molecule has 2 aliphatic rings. The number of fused-ring (bicyclic) bond motifs is 1. The molecule has 0 aromatic carbocycles. The lowest BCUT2D eigenvalue weighted by Gasteiger charge is -2.48. The monoisotopic (exact) mass is 364 g/mol. The van der Waals surface area contributed by atoms with Gasteiger partial charge in [-0.05, 0) is 39.3 Å². The van der Waals surface area contributed by atoms with Crippen LogP contribution in [0.4, 0.5) is 0 Å². The third-order valence-electron chi connectivity index (χ3n) is 5.83. The molecule has 2 aliphatic carbocycles. The fourth-order valence-corrected chi connectivity index (χ4v) is 3.63. The van der Waals surface area contributed by atoms with Gasteiger partial charge in [0.05, 0.1) is 6.10 Å². The van der Waals surface area contributed by atoms with Gasteiger partial charge < -0.3 is 9.84 Å². The number of esters is 1. The number of allylic oxidation sites excluding steroid dienone is 3. The molecule has 2 N–H and O–H groups in total. The van der Waals surface area contributed by atoms with Crippen LogP contribution in [0.2, 0.25) is 0 Å². The van der Waals surface area contributed by atoms with Gasteiger partial charge in [0.25, 0.3) is 0 Å². The number of aliphatic hydroxyl groups is 1. The predicted octanol–water partition coefficient (Wildman–Crippen LogP) is 2.98. The van der Waals surface area contributed by atoms with E-state index < -0.39 is 29.2 Å². The van der Waals surface area contributed by atoms with Crippen LogP contribution in [0.1, 0.15) is 48.0 Å². The van der Waals surface area contributed by atoms with Gasteiger partial charge >= 0.3 is 5.97 Å². The summed E-state index contributed by atoms with van der Waals surface area (Å²) in [5.41, 5.74) is -0.476. The lowest BCUT2D eigenvalue weighted by molar-refractivity contribution is -0.300. The number of rotatable bonds is 4. The van der Waals surface area contributed by atoms with Crippen LogP contribution in [0.3, 0.4) is 0 Å². The number of aliphatic hydroxyl groups excluding tert-OH is 1. The van der Waals surface area contributed by atoms with E-state index in [0.717, 1.165) is 0 Å². The molecule has 0 heterocycles. The Hall–Kier alpha value is -1.76. The Balaban J connectivity index is 2.43. The average Bonchev–Trinajstić information content (AvgIpc) is 2.59. The molecule has 4 unspecified atom stereocenters. The zero-order valence-electron chi connectivity index (χ0n) is 16.2. The highest BCUT2D eigenvalue weighted by Gasteiger charge is 2.50. The number of hydrogen-bond acceptors (Lipinski definition) is 6. The summed E-state index contributed by atoms with van der Waals surface area (Å²) in [5, 5.41) is 19.8. The van der Waals surface area contributed by atoms with Crippen LogP contribution >= 0.6 is 0 Å². The second-order valence-corrected chi connectivity index (χ2v) is 7.86. The van der Waals surface area contributed by atoms with E-state index in [1.807, 2.05) is 13.8 Å². The van der Waals surface area contributed by atoms with Gasteiger partial charge in [0, 0.05) is 28.9 Å². The zero-order chi connectivity index (χ0) is 19.9. The van der Waals surface area contributed by atoms with Gasteiger partial charge in [-0.1, -0.05) is 26.0 Å². The van der Waals surface area contributed by atoms with Crippen LogP contribution in [-0.4, -0.2) is 39.9 Å². The van der Waals surface area contributed by atoms with Crippen molar-refractivity contribution in [3.63, 3.8) is 0 Å². The largest absolute Gasteiger partial charge is 0.459 e. The molecule has 1 saturated carbocycles. The second-order valence-electron chi connectivity index (χ2n) is 7.86. The molecule has 0 bridgehead atoms. The summed E-state index contributed by atoms with van der Waals surface area (Å²) in [6.45, 7) is 10.5. The highest BCUT2D eigenvalue weighted by atomic mass is 17.1. The normalized spacial score (nSPS) is 32.5. The molecule has 144 valence electrons. The Bertz CT molecular complexity index is 699. The van der Waals surface area contributed by atoms with Crippen molar-refractivity contribution < 1.29 is 29.6 Å². The molecule has 0 aliphatic heterocycles. The number of carbonyl (C=O) groups excluding carboxylic acids is 2. The zero-order valence-corrected chi connectivity index (χ0v) is 16.2. The average molecular weight is 364 g/mol. The minimum absolute atomic E-state index is 0.177.